The normalized spacial score (nSPS) is 14.4. The van der Waals surface area contributed by atoms with Crippen molar-refractivity contribution in [1.82, 2.24) is 10.3 Å². The van der Waals surface area contributed by atoms with Gasteiger partial charge in [0.05, 0.1) is 11.0 Å². The van der Waals surface area contributed by atoms with Crippen molar-refractivity contribution in [3.8, 4) is 0 Å². The van der Waals surface area contributed by atoms with Crippen LogP contribution in [0.4, 0.5) is 5.69 Å². The number of halogens is 1. The zero-order valence-electron chi connectivity index (χ0n) is 9.00. The quantitative estimate of drug-likeness (QED) is 0.518. The van der Waals surface area contributed by atoms with Crippen molar-refractivity contribution >= 4 is 17.3 Å². The van der Waals surface area contributed by atoms with Gasteiger partial charge >= 0.3 is 5.69 Å². The van der Waals surface area contributed by atoms with Crippen molar-refractivity contribution in [2.45, 2.75) is 12.2 Å². The number of likely N-dealkylation sites (N-methyl/N-ethyl adjacent to an activating group) is 1. The van der Waals surface area contributed by atoms with E-state index in [2.05, 4.69) is 10.3 Å². The molecule has 0 saturated heterocycles. The number of pyridine rings is 1. The van der Waals surface area contributed by atoms with E-state index in [9.17, 15) is 20.3 Å². The highest BCUT2D eigenvalue weighted by Gasteiger charge is 2.25. The summed E-state index contributed by atoms with van der Waals surface area (Å²) in [4.78, 5) is 13.5. The molecule has 94 valence electrons. The maximum absolute atomic E-state index is 10.6. The molecule has 0 aliphatic carbocycles. The highest BCUT2D eigenvalue weighted by molar-refractivity contribution is 6.33. The molecule has 2 atom stereocenters. The Labute approximate surface area is 102 Å². The van der Waals surface area contributed by atoms with E-state index in [1.165, 1.54) is 6.20 Å². The first-order chi connectivity index (χ1) is 7.99. The van der Waals surface area contributed by atoms with Gasteiger partial charge in [-0.15, -0.1) is 0 Å². The fourth-order valence-corrected chi connectivity index (χ4v) is 1.59. The number of hydrogen-bond acceptors (Lipinski definition) is 6. The minimum absolute atomic E-state index is 0.0311. The van der Waals surface area contributed by atoms with E-state index in [1.807, 2.05) is 0 Å². The molecule has 7 nitrogen and oxygen atoms in total. The van der Waals surface area contributed by atoms with E-state index in [1.54, 1.807) is 7.05 Å². The van der Waals surface area contributed by atoms with Gasteiger partial charge in [-0.05, 0) is 7.05 Å². The lowest BCUT2D eigenvalue weighted by molar-refractivity contribution is -0.385. The number of aliphatic hydroxyl groups is 2. The summed E-state index contributed by atoms with van der Waals surface area (Å²) < 4.78 is 0. The second-order valence-corrected chi connectivity index (χ2v) is 3.77. The van der Waals surface area contributed by atoms with Crippen LogP contribution in [-0.4, -0.2) is 39.8 Å². The molecule has 3 N–H and O–H groups in total. The molecule has 1 aromatic heterocycles. The molecule has 0 saturated carbocycles. The molecule has 0 spiro atoms. The highest BCUT2D eigenvalue weighted by Crippen LogP contribution is 2.31. The number of nitrogens with one attached hydrogen (secondary N) is 1. The summed E-state index contributed by atoms with van der Waals surface area (Å²) in [7, 11) is 1.60. The lowest BCUT2D eigenvalue weighted by atomic mass is 10.1. The van der Waals surface area contributed by atoms with Crippen molar-refractivity contribution in [2.24, 2.45) is 0 Å². The molecule has 0 amide bonds. The van der Waals surface area contributed by atoms with E-state index >= 15 is 0 Å². The molecule has 1 heterocycles. The van der Waals surface area contributed by atoms with Gasteiger partial charge in [-0.25, -0.2) is 0 Å². The zero-order valence-corrected chi connectivity index (χ0v) is 9.76. The van der Waals surface area contributed by atoms with Crippen LogP contribution in [0.1, 0.15) is 11.7 Å². The summed E-state index contributed by atoms with van der Waals surface area (Å²) in [5, 5.41) is 32.4. The van der Waals surface area contributed by atoms with Crippen LogP contribution in [0, 0.1) is 10.1 Å². The predicted octanol–water partition coefficient (Wildman–Crippen LogP) is 0.257. The van der Waals surface area contributed by atoms with Crippen LogP contribution in [0.3, 0.4) is 0 Å². The maximum Gasteiger partial charge on any atom is 0.306 e. The SMILES string of the molecule is CNCC(O)C(O)c1cncc([N+](=O)[O-])c1Cl. The summed E-state index contributed by atoms with van der Waals surface area (Å²) in [6, 6.07) is 0. The van der Waals surface area contributed by atoms with Gasteiger partial charge in [0, 0.05) is 18.3 Å². The lowest BCUT2D eigenvalue weighted by Crippen LogP contribution is -2.29. The van der Waals surface area contributed by atoms with Gasteiger partial charge in [-0.3, -0.25) is 15.1 Å². The summed E-state index contributed by atoms with van der Waals surface area (Å²) >= 11 is 5.77. The zero-order chi connectivity index (χ0) is 13.0. The van der Waals surface area contributed by atoms with Gasteiger partial charge in [0.2, 0.25) is 0 Å². The highest BCUT2D eigenvalue weighted by atomic mass is 35.5. The Bertz CT molecular complexity index is 415. The van der Waals surface area contributed by atoms with Crippen molar-refractivity contribution in [3.05, 3.63) is 33.1 Å². The molecule has 0 fully saturated rings. The molecule has 1 aromatic rings. The minimum Gasteiger partial charge on any atom is -0.389 e. The van der Waals surface area contributed by atoms with E-state index < -0.39 is 22.8 Å². The number of aromatic nitrogens is 1. The largest absolute Gasteiger partial charge is 0.389 e. The summed E-state index contributed by atoms with van der Waals surface area (Å²) in [6.45, 7) is 0.125. The van der Waals surface area contributed by atoms with Crippen molar-refractivity contribution < 1.29 is 15.1 Å². The number of rotatable bonds is 5. The average Bonchev–Trinajstić information content (AvgIpc) is 2.28. The fraction of sp³-hybridized carbons (Fsp3) is 0.444. The standard InChI is InChI=1S/C9H12ClN3O4/c1-11-4-7(14)9(15)5-2-12-3-6(8(5)10)13(16)17/h2-3,7,9,11,14-15H,4H2,1H3. The molecule has 0 radical (unpaired) electrons. The van der Waals surface area contributed by atoms with Crippen LogP contribution < -0.4 is 5.32 Å². The molecule has 2 unspecified atom stereocenters. The number of hydrogen-bond donors (Lipinski definition) is 3. The van der Waals surface area contributed by atoms with Crippen LogP contribution in [0.15, 0.2) is 12.4 Å². The second kappa shape index (κ2) is 5.87. The van der Waals surface area contributed by atoms with Crippen LogP contribution in [0.2, 0.25) is 5.02 Å². The van der Waals surface area contributed by atoms with Crippen molar-refractivity contribution in [3.63, 3.8) is 0 Å². The Morgan fingerprint density at radius 3 is 2.76 bits per heavy atom. The van der Waals surface area contributed by atoms with Crippen LogP contribution in [-0.2, 0) is 0 Å². The van der Waals surface area contributed by atoms with Crippen LogP contribution in [0.25, 0.3) is 0 Å². The second-order valence-electron chi connectivity index (χ2n) is 3.39. The summed E-state index contributed by atoms with van der Waals surface area (Å²) in [5.41, 5.74) is -0.372. The Morgan fingerprint density at radius 2 is 2.24 bits per heavy atom. The van der Waals surface area contributed by atoms with Crippen molar-refractivity contribution in [2.75, 3.05) is 13.6 Å². The third-order valence-corrected chi connectivity index (χ3v) is 2.59. The van der Waals surface area contributed by atoms with E-state index in [0.717, 1.165) is 6.20 Å². The third-order valence-electron chi connectivity index (χ3n) is 2.18. The molecule has 0 aliphatic heterocycles. The van der Waals surface area contributed by atoms with Crippen molar-refractivity contribution in [1.29, 1.82) is 0 Å². The first-order valence-electron chi connectivity index (χ1n) is 4.77. The van der Waals surface area contributed by atoms with Gasteiger partial charge in [0.25, 0.3) is 0 Å². The summed E-state index contributed by atoms with van der Waals surface area (Å²) in [6.07, 6.45) is -0.273. The first kappa shape index (κ1) is 13.8. The number of nitrogens with zero attached hydrogens (tertiary/aromatic N) is 2. The Morgan fingerprint density at radius 1 is 1.59 bits per heavy atom. The molecule has 17 heavy (non-hydrogen) atoms. The van der Waals surface area contributed by atoms with E-state index in [0.29, 0.717) is 0 Å². The topological polar surface area (TPSA) is 109 Å². The van der Waals surface area contributed by atoms with Gasteiger partial charge in [0.1, 0.15) is 17.3 Å². The van der Waals surface area contributed by atoms with E-state index in [4.69, 9.17) is 11.6 Å². The third kappa shape index (κ3) is 3.10. The molecule has 0 aromatic carbocycles. The smallest absolute Gasteiger partial charge is 0.306 e. The molecule has 0 bridgehead atoms. The molecule has 1 rings (SSSR count). The molecule has 0 aliphatic rings. The van der Waals surface area contributed by atoms with Crippen LogP contribution in [0.5, 0.6) is 0 Å². The molecular formula is C9H12ClN3O4. The average molecular weight is 262 g/mol. The molecular weight excluding hydrogens is 250 g/mol. The number of nitro groups is 1. The van der Waals surface area contributed by atoms with Gasteiger partial charge in [0.15, 0.2) is 0 Å². The fourth-order valence-electron chi connectivity index (χ4n) is 1.31. The lowest BCUT2D eigenvalue weighted by Gasteiger charge is -2.18. The Kier molecular flexibility index (Phi) is 4.76. The number of aliphatic hydroxyl groups excluding tert-OH is 2. The first-order valence-corrected chi connectivity index (χ1v) is 5.15. The Hall–Kier alpha value is -1.28. The molecule has 8 heteroatoms. The van der Waals surface area contributed by atoms with Gasteiger partial charge < -0.3 is 15.5 Å². The Balaban J connectivity index is 3.06. The minimum atomic E-state index is -1.33. The maximum atomic E-state index is 10.6. The van der Waals surface area contributed by atoms with E-state index in [-0.39, 0.29) is 17.1 Å². The summed E-state index contributed by atoms with van der Waals surface area (Å²) in [5.74, 6) is 0. The van der Waals surface area contributed by atoms with Gasteiger partial charge in [-0.1, -0.05) is 11.6 Å². The van der Waals surface area contributed by atoms with Crippen LogP contribution >= 0.6 is 11.6 Å². The predicted molar refractivity (Wildman–Crippen MR) is 60.8 cm³/mol. The monoisotopic (exact) mass is 261 g/mol. The van der Waals surface area contributed by atoms with Gasteiger partial charge in [-0.2, -0.15) is 0 Å².